The Morgan fingerprint density at radius 2 is 1.70 bits per heavy atom. The average Bonchev–Trinajstić information content (AvgIpc) is 2.91. The van der Waals surface area contributed by atoms with Crippen LogP contribution in [0.5, 0.6) is 0 Å². The molecule has 0 aromatic heterocycles. The maximum absolute atomic E-state index is 12.2. The number of hydrogen-bond donors (Lipinski definition) is 1. The van der Waals surface area contributed by atoms with Crippen molar-refractivity contribution in [1.82, 2.24) is 5.32 Å². The summed E-state index contributed by atoms with van der Waals surface area (Å²) in [6.45, 7) is 4.83. The van der Waals surface area contributed by atoms with Crippen molar-refractivity contribution in [2.75, 3.05) is 13.2 Å². The highest BCUT2D eigenvalue weighted by atomic mass is 16.6. The first-order valence-electron chi connectivity index (χ1n) is 7.77. The van der Waals surface area contributed by atoms with Crippen molar-refractivity contribution in [3.8, 4) is 0 Å². The molecular formula is C15H27NO4. The van der Waals surface area contributed by atoms with E-state index in [1.165, 1.54) is 0 Å². The highest BCUT2D eigenvalue weighted by Crippen LogP contribution is 2.31. The lowest BCUT2D eigenvalue weighted by Crippen LogP contribution is -2.53. The zero-order valence-electron chi connectivity index (χ0n) is 12.7. The van der Waals surface area contributed by atoms with Gasteiger partial charge in [-0.2, -0.15) is 0 Å². The third kappa shape index (κ3) is 5.02. The van der Waals surface area contributed by atoms with Gasteiger partial charge in [0.25, 0.3) is 0 Å². The number of unbranched alkanes of at least 4 members (excludes halogenated alkanes) is 2. The van der Waals surface area contributed by atoms with Crippen LogP contribution in [0.2, 0.25) is 0 Å². The van der Waals surface area contributed by atoms with Crippen LogP contribution in [0.15, 0.2) is 0 Å². The van der Waals surface area contributed by atoms with Gasteiger partial charge >= 0.3 is 12.1 Å². The molecule has 0 bridgehead atoms. The van der Waals surface area contributed by atoms with Crippen LogP contribution in [0.25, 0.3) is 0 Å². The van der Waals surface area contributed by atoms with E-state index in [2.05, 4.69) is 12.2 Å². The monoisotopic (exact) mass is 285 g/mol. The molecule has 116 valence electrons. The molecule has 1 aliphatic rings. The van der Waals surface area contributed by atoms with Gasteiger partial charge in [-0.1, -0.05) is 39.5 Å². The van der Waals surface area contributed by atoms with Crippen LogP contribution in [0.4, 0.5) is 4.79 Å². The summed E-state index contributed by atoms with van der Waals surface area (Å²) in [5, 5.41) is 2.73. The maximum Gasteiger partial charge on any atom is 0.408 e. The van der Waals surface area contributed by atoms with Gasteiger partial charge in [0.1, 0.15) is 5.54 Å². The van der Waals surface area contributed by atoms with Gasteiger partial charge in [-0.15, -0.1) is 0 Å². The summed E-state index contributed by atoms with van der Waals surface area (Å²) in [5.41, 5.74) is -0.864. The first-order valence-corrected chi connectivity index (χ1v) is 7.77. The number of hydrogen-bond acceptors (Lipinski definition) is 4. The third-order valence-corrected chi connectivity index (χ3v) is 3.61. The van der Waals surface area contributed by atoms with E-state index in [0.29, 0.717) is 26.1 Å². The largest absolute Gasteiger partial charge is 0.464 e. The quantitative estimate of drug-likeness (QED) is 0.549. The first-order chi connectivity index (χ1) is 9.64. The Hall–Kier alpha value is -1.26. The van der Waals surface area contributed by atoms with E-state index in [1.54, 1.807) is 0 Å². The highest BCUT2D eigenvalue weighted by Gasteiger charge is 2.44. The lowest BCUT2D eigenvalue weighted by molar-refractivity contribution is -0.151. The Kier molecular flexibility index (Phi) is 7.41. The predicted molar refractivity (Wildman–Crippen MR) is 76.5 cm³/mol. The fraction of sp³-hybridized carbons (Fsp3) is 0.867. The van der Waals surface area contributed by atoms with Crippen LogP contribution in [-0.4, -0.2) is 30.8 Å². The number of carbonyl (C=O) groups excluding carboxylic acids is 2. The molecule has 1 fully saturated rings. The van der Waals surface area contributed by atoms with E-state index < -0.39 is 11.6 Å². The highest BCUT2D eigenvalue weighted by molar-refractivity contribution is 5.86. The molecular weight excluding hydrogens is 258 g/mol. The van der Waals surface area contributed by atoms with Crippen molar-refractivity contribution in [2.24, 2.45) is 0 Å². The molecule has 5 heteroatoms. The van der Waals surface area contributed by atoms with Crippen molar-refractivity contribution in [3.63, 3.8) is 0 Å². The molecule has 0 unspecified atom stereocenters. The summed E-state index contributed by atoms with van der Waals surface area (Å²) in [5.74, 6) is -0.306. The van der Waals surface area contributed by atoms with E-state index in [1.807, 2.05) is 6.92 Å². The van der Waals surface area contributed by atoms with Crippen LogP contribution in [-0.2, 0) is 14.3 Å². The van der Waals surface area contributed by atoms with Gasteiger partial charge < -0.3 is 14.8 Å². The molecule has 1 rings (SSSR count). The van der Waals surface area contributed by atoms with E-state index in [4.69, 9.17) is 9.47 Å². The summed E-state index contributed by atoms with van der Waals surface area (Å²) in [7, 11) is 0. The Bertz CT molecular complexity index is 311. The molecule has 0 spiro atoms. The summed E-state index contributed by atoms with van der Waals surface area (Å²) in [6, 6.07) is 0. The third-order valence-electron chi connectivity index (χ3n) is 3.61. The molecule has 1 saturated carbocycles. The van der Waals surface area contributed by atoms with Crippen LogP contribution in [0, 0.1) is 0 Å². The Balaban J connectivity index is 2.48. The Morgan fingerprint density at radius 1 is 1.00 bits per heavy atom. The van der Waals surface area contributed by atoms with Crippen molar-refractivity contribution in [2.45, 2.75) is 70.8 Å². The van der Waals surface area contributed by atoms with Gasteiger partial charge in [-0.05, 0) is 25.7 Å². The van der Waals surface area contributed by atoms with Gasteiger partial charge in [0.2, 0.25) is 0 Å². The van der Waals surface area contributed by atoms with Crippen molar-refractivity contribution in [3.05, 3.63) is 0 Å². The minimum absolute atomic E-state index is 0.306. The van der Waals surface area contributed by atoms with Gasteiger partial charge in [0.05, 0.1) is 13.2 Å². The molecule has 5 nitrogen and oxygen atoms in total. The standard InChI is InChI=1S/C15H27NO4/c1-3-5-8-12-19-13(17)15(9-6-7-10-15)16-14(18)20-11-4-2/h3-12H2,1-2H3,(H,16,18). The summed E-state index contributed by atoms with van der Waals surface area (Å²) in [4.78, 5) is 23.9. The molecule has 0 aliphatic heterocycles. The minimum atomic E-state index is -0.864. The molecule has 1 amide bonds. The van der Waals surface area contributed by atoms with Crippen molar-refractivity contribution >= 4 is 12.1 Å². The summed E-state index contributed by atoms with van der Waals surface area (Å²) in [6.07, 6.45) is 6.40. The van der Waals surface area contributed by atoms with Crippen molar-refractivity contribution < 1.29 is 19.1 Å². The topological polar surface area (TPSA) is 64.6 Å². The second-order valence-electron chi connectivity index (χ2n) is 5.39. The predicted octanol–water partition coefficient (Wildman–Crippen LogP) is 3.17. The number of esters is 1. The average molecular weight is 285 g/mol. The van der Waals surface area contributed by atoms with Crippen LogP contribution >= 0.6 is 0 Å². The number of alkyl carbamates (subject to hydrolysis) is 1. The van der Waals surface area contributed by atoms with E-state index in [9.17, 15) is 9.59 Å². The van der Waals surface area contributed by atoms with Gasteiger partial charge in [0, 0.05) is 0 Å². The molecule has 0 atom stereocenters. The molecule has 1 N–H and O–H groups in total. The zero-order chi connectivity index (χ0) is 14.8. The molecule has 0 aromatic carbocycles. The molecule has 0 aromatic rings. The molecule has 1 aliphatic carbocycles. The van der Waals surface area contributed by atoms with Gasteiger partial charge in [0.15, 0.2) is 0 Å². The Labute approximate surface area is 121 Å². The summed E-state index contributed by atoms with van der Waals surface area (Å²) < 4.78 is 10.3. The van der Waals surface area contributed by atoms with Gasteiger partial charge in [-0.25, -0.2) is 9.59 Å². The molecule has 0 saturated heterocycles. The smallest absolute Gasteiger partial charge is 0.408 e. The number of rotatable bonds is 8. The van der Waals surface area contributed by atoms with Crippen LogP contribution < -0.4 is 5.32 Å². The fourth-order valence-corrected chi connectivity index (χ4v) is 2.44. The summed E-state index contributed by atoms with van der Waals surface area (Å²) >= 11 is 0. The van der Waals surface area contributed by atoms with Crippen LogP contribution in [0.1, 0.15) is 65.2 Å². The van der Waals surface area contributed by atoms with E-state index >= 15 is 0 Å². The lowest BCUT2D eigenvalue weighted by Gasteiger charge is -2.27. The van der Waals surface area contributed by atoms with Crippen LogP contribution in [0.3, 0.4) is 0 Å². The maximum atomic E-state index is 12.2. The number of amides is 1. The lowest BCUT2D eigenvalue weighted by atomic mass is 9.98. The number of ether oxygens (including phenoxy) is 2. The molecule has 20 heavy (non-hydrogen) atoms. The normalized spacial score (nSPS) is 16.7. The SMILES string of the molecule is CCCCCOC(=O)C1(NC(=O)OCCC)CCCC1. The molecule has 0 heterocycles. The zero-order valence-corrected chi connectivity index (χ0v) is 12.7. The Morgan fingerprint density at radius 3 is 2.30 bits per heavy atom. The van der Waals surface area contributed by atoms with Crippen molar-refractivity contribution in [1.29, 1.82) is 0 Å². The van der Waals surface area contributed by atoms with E-state index in [0.717, 1.165) is 38.5 Å². The fourth-order valence-electron chi connectivity index (χ4n) is 2.44. The first kappa shape index (κ1) is 16.8. The van der Waals surface area contributed by atoms with E-state index in [-0.39, 0.29) is 5.97 Å². The second-order valence-corrected chi connectivity index (χ2v) is 5.39. The van der Waals surface area contributed by atoms with Gasteiger partial charge in [-0.3, -0.25) is 0 Å². The number of carbonyl (C=O) groups is 2. The number of nitrogens with one attached hydrogen (secondary N) is 1. The minimum Gasteiger partial charge on any atom is -0.464 e. The molecule has 0 radical (unpaired) electrons. The second kappa shape index (κ2) is 8.82.